The highest BCUT2D eigenvalue weighted by atomic mass is 15.4. The molecule has 0 atom stereocenters. The van der Waals surface area contributed by atoms with Crippen LogP contribution in [0.4, 0.5) is 22.7 Å². The molecule has 3 aromatic heterocycles. The van der Waals surface area contributed by atoms with Crippen LogP contribution in [-0.4, -0.2) is 25.0 Å². The van der Waals surface area contributed by atoms with Crippen molar-refractivity contribution in [2.24, 2.45) is 0 Å². The second-order valence-corrected chi connectivity index (χ2v) is 7.73. The summed E-state index contributed by atoms with van der Waals surface area (Å²) in [6, 6.07) is 22.0. The van der Waals surface area contributed by atoms with E-state index in [9.17, 15) is 0 Å². The summed E-state index contributed by atoms with van der Waals surface area (Å²) in [6.07, 6.45) is 7.28. The summed E-state index contributed by atoms with van der Waals surface area (Å²) in [7, 11) is 0. The molecule has 0 saturated carbocycles. The number of pyridine rings is 2. The van der Waals surface area contributed by atoms with Crippen LogP contribution < -0.4 is 10.6 Å². The largest absolute Gasteiger partial charge is 0.355 e. The van der Waals surface area contributed by atoms with Crippen molar-refractivity contribution in [3.05, 3.63) is 103 Å². The Balaban J connectivity index is 1.37. The van der Waals surface area contributed by atoms with Gasteiger partial charge in [0.05, 0.1) is 11.9 Å². The average Bonchev–Trinajstić information content (AvgIpc) is 3.34. The first kappa shape index (κ1) is 20.4. The Bertz CT molecular complexity index is 1390. The van der Waals surface area contributed by atoms with E-state index in [1.54, 1.807) is 17.1 Å². The summed E-state index contributed by atoms with van der Waals surface area (Å²) in [5, 5.41) is 15.6. The molecule has 0 fully saturated rings. The number of nitrogens with zero attached hydrogens (tertiary/aromatic N) is 5. The topological polar surface area (TPSA) is 80.5 Å². The van der Waals surface area contributed by atoms with E-state index in [0.717, 1.165) is 51.0 Å². The lowest BCUT2D eigenvalue weighted by molar-refractivity contribution is 0.804. The number of rotatable bonds is 6. The molecule has 0 unspecified atom stereocenters. The number of aromatic nitrogens is 5. The van der Waals surface area contributed by atoms with Gasteiger partial charge in [0.1, 0.15) is 5.69 Å². The third kappa shape index (κ3) is 4.57. The average molecular weight is 434 g/mol. The van der Waals surface area contributed by atoms with Gasteiger partial charge in [0.25, 0.3) is 0 Å². The van der Waals surface area contributed by atoms with Crippen LogP contribution in [0.5, 0.6) is 0 Å². The molecule has 162 valence electrons. The van der Waals surface area contributed by atoms with Gasteiger partial charge in [-0.25, -0.2) is 4.68 Å². The maximum atomic E-state index is 4.40. The summed E-state index contributed by atoms with van der Waals surface area (Å²) in [5.74, 6) is 0. The van der Waals surface area contributed by atoms with E-state index >= 15 is 0 Å². The Hall–Kier alpha value is -4.52. The highest BCUT2D eigenvalue weighted by Crippen LogP contribution is 2.26. The highest BCUT2D eigenvalue weighted by Gasteiger charge is 2.08. The zero-order valence-electron chi connectivity index (χ0n) is 18.4. The molecule has 0 saturated heterocycles. The lowest BCUT2D eigenvalue weighted by Crippen LogP contribution is -1.99. The van der Waals surface area contributed by atoms with Gasteiger partial charge in [0.2, 0.25) is 0 Å². The van der Waals surface area contributed by atoms with Crippen molar-refractivity contribution in [3.63, 3.8) is 0 Å². The van der Waals surface area contributed by atoms with Crippen LogP contribution in [0.2, 0.25) is 0 Å². The van der Waals surface area contributed by atoms with Gasteiger partial charge in [-0.15, -0.1) is 5.10 Å². The van der Waals surface area contributed by atoms with Crippen molar-refractivity contribution in [1.29, 1.82) is 0 Å². The zero-order valence-corrected chi connectivity index (χ0v) is 18.4. The van der Waals surface area contributed by atoms with Crippen LogP contribution in [0.1, 0.15) is 11.3 Å². The van der Waals surface area contributed by atoms with Crippen molar-refractivity contribution < 1.29 is 0 Å². The smallest absolute Gasteiger partial charge is 0.113 e. The van der Waals surface area contributed by atoms with Crippen molar-refractivity contribution in [1.82, 2.24) is 25.0 Å². The molecule has 0 radical (unpaired) electrons. The second kappa shape index (κ2) is 8.92. The standard InChI is InChI=1S/C26H23N7/c1-18-19(2)28-14-11-25(18)30-23-7-4-8-24(16-23)33-17-26(31-32-33)20-5-3-6-22(15-20)29-21-9-12-27-13-10-21/h3-17H,1-2H3,(H,27,29)(H,28,30). The van der Waals surface area contributed by atoms with E-state index in [1.165, 1.54) is 0 Å². The van der Waals surface area contributed by atoms with E-state index < -0.39 is 0 Å². The normalized spacial score (nSPS) is 10.7. The molecule has 5 rings (SSSR count). The third-order valence-corrected chi connectivity index (χ3v) is 5.47. The summed E-state index contributed by atoms with van der Waals surface area (Å²) in [6.45, 7) is 4.07. The van der Waals surface area contributed by atoms with E-state index in [-0.39, 0.29) is 0 Å². The molecule has 2 aromatic carbocycles. The Labute approximate surface area is 192 Å². The van der Waals surface area contributed by atoms with Crippen LogP contribution in [-0.2, 0) is 0 Å². The molecule has 7 nitrogen and oxygen atoms in total. The summed E-state index contributed by atoms with van der Waals surface area (Å²) in [5.41, 5.74) is 8.82. The Morgan fingerprint density at radius 1 is 0.758 bits per heavy atom. The van der Waals surface area contributed by atoms with Gasteiger partial charge in [-0.3, -0.25) is 9.97 Å². The fraction of sp³-hybridized carbons (Fsp3) is 0.0769. The highest BCUT2D eigenvalue weighted by molar-refractivity contribution is 5.69. The van der Waals surface area contributed by atoms with Gasteiger partial charge in [-0.2, -0.15) is 0 Å². The minimum absolute atomic E-state index is 0.798. The van der Waals surface area contributed by atoms with Gasteiger partial charge < -0.3 is 10.6 Å². The molecular formula is C26H23N7. The number of nitrogens with one attached hydrogen (secondary N) is 2. The quantitative estimate of drug-likeness (QED) is 0.351. The number of hydrogen-bond acceptors (Lipinski definition) is 6. The van der Waals surface area contributed by atoms with Crippen LogP contribution in [0.25, 0.3) is 16.9 Å². The Morgan fingerprint density at radius 3 is 2.39 bits per heavy atom. The Kier molecular flexibility index (Phi) is 5.51. The molecule has 5 aromatic rings. The first-order chi connectivity index (χ1) is 16.2. The molecule has 2 N–H and O–H groups in total. The first-order valence-corrected chi connectivity index (χ1v) is 10.7. The molecule has 0 bridgehead atoms. The summed E-state index contributed by atoms with van der Waals surface area (Å²) >= 11 is 0. The second-order valence-electron chi connectivity index (χ2n) is 7.73. The van der Waals surface area contributed by atoms with Gasteiger partial charge in [-0.1, -0.05) is 23.4 Å². The lowest BCUT2D eigenvalue weighted by Gasteiger charge is -2.11. The number of hydrogen-bond donors (Lipinski definition) is 2. The van der Waals surface area contributed by atoms with Crippen molar-refractivity contribution >= 4 is 22.7 Å². The summed E-state index contributed by atoms with van der Waals surface area (Å²) < 4.78 is 1.79. The van der Waals surface area contributed by atoms with Crippen LogP contribution in [0.3, 0.4) is 0 Å². The molecule has 0 aliphatic rings. The van der Waals surface area contributed by atoms with Gasteiger partial charge in [0.15, 0.2) is 0 Å². The van der Waals surface area contributed by atoms with Gasteiger partial charge in [-0.05, 0) is 67.9 Å². The molecule has 0 amide bonds. The number of aryl methyl sites for hydroxylation is 1. The van der Waals surface area contributed by atoms with Crippen molar-refractivity contribution in [2.45, 2.75) is 13.8 Å². The van der Waals surface area contributed by atoms with E-state index in [4.69, 9.17) is 0 Å². The Morgan fingerprint density at radius 2 is 1.55 bits per heavy atom. The molecule has 3 heterocycles. The first-order valence-electron chi connectivity index (χ1n) is 10.7. The molecule has 0 spiro atoms. The summed E-state index contributed by atoms with van der Waals surface area (Å²) in [4.78, 5) is 8.39. The van der Waals surface area contributed by atoms with Gasteiger partial charge >= 0.3 is 0 Å². The number of anilines is 4. The third-order valence-electron chi connectivity index (χ3n) is 5.47. The maximum absolute atomic E-state index is 4.40. The minimum Gasteiger partial charge on any atom is -0.355 e. The van der Waals surface area contributed by atoms with Gasteiger partial charge in [0, 0.05) is 52.6 Å². The van der Waals surface area contributed by atoms with E-state index in [1.807, 2.05) is 73.9 Å². The maximum Gasteiger partial charge on any atom is 0.113 e. The van der Waals surface area contributed by atoms with Crippen molar-refractivity contribution in [2.75, 3.05) is 10.6 Å². The molecule has 0 aliphatic heterocycles. The molecule has 0 aliphatic carbocycles. The SMILES string of the molecule is Cc1nccc(Nc2cccc(-n3cc(-c4cccc(Nc5ccncc5)c4)nn3)c2)c1C. The van der Waals surface area contributed by atoms with Crippen LogP contribution in [0, 0.1) is 13.8 Å². The minimum atomic E-state index is 0.798. The van der Waals surface area contributed by atoms with E-state index in [2.05, 4.69) is 50.0 Å². The predicted molar refractivity (Wildman–Crippen MR) is 131 cm³/mol. The molecule has 7 heteroatoms. The fourth-order valence-electron chi connectivity index (χ4n) is 3.54. The van der Waals surface area contributed by atoms with E-state index in [0.29, 0.717) is 0 Å². The monoisotopic (exact) mass is 433 g/mol. The lowest BCUT2D eigenvalue weighted by atomic mass is 10.1. The van der Waals surface area contributed by atoms with Crippen LogP contribution in [0.15, 0.2) is 91.5 Å². The fourth-order valence-corrected chi connectivity index (χ4v) is 3.54. The molecular weight excluding hydrogens is 410 g/mol. The number of benzene rings is 2. The van der Waals surface area contributed by atoms with Crippen molar-refractivity contribution in [3.8, 4) is 16.9 Å². The zero-order chi connectivity index (χ0) is 22.6. The molecule has 33 heavy (non-hydrogen) atoms. The predicted octanol–water partition coefficient (Wildman–Crippen LogP) is 5.83. The van der Waals surface area contributed by atoms with Crippen LogP contribution >= 0.6 is 0 Å².